The van der Waals surface area contributed by atoms with Crippen molar-refractivity contribution >= 4 is 6.03 Å². The Hall–Kier alpha value is -1.75. The number of ether oxygens (including phenoxy) is 1. The molecule has 1 aromatic carbocycles. The molecule has 0 aliphatic carbocycles. The highest BCUT2D eigenvalue weighted by molar-refractivity contribution is 5.74. The largest absolute Gasteiger partial charge is 0.489 e. The van der Waals surface area contributed by atoms with Gasteiger partial charge in [-0.25, -0.2) is 4.79 Å². The molecule has 1 atom stereocenters. The van der Waals surface area contributed by atoms with E-state index in [1.54, 1.807) is 18.7 Å². The van der Waals surface area contributed by atoms with Crippen molar-refractivity contribution < 1.29 is 14.6 Å². The standard InChI is InChI=1S/C17H28N2O3/c1-6-19(12-17(4,5)21)16(20)18-11-14(3)22-15-9-7-8-13(2)10-15/h7-10,14,21H,6,11-12H2,1-5H3,(H,18,20). The van der Waals surface area contributed by atoms with Crippen LogP contribution in [0.4, 0.5) is 4.79 Å². The van der Waals surface area contributed by atoms with Crippen molar-refractivity contribution in [3.8, 4) is 5.75 Å². The van der Waals surface area contributed by atoms with Gasteiger partial charge in [-0.3, -0.25) is 0 Å². The smallest absolute Gasteiger partial charge is 0.317 e. The van der Waals surface area contributed by atoms with Gasteiger partial charge in [0.15, 0.2) is 0 Å². The normalized spacial score (nSPS) is 12.6. The van der Waals surface area contributed by atoms with Gasteiger partial charge in [-0.05, 0) is 52.3 Å². The molecular formula is C17H28N2O3. The van der Waals surface area contributed by atoms with Gasteiger partial charge in [0.2, 0.25) is 0 Å². The maximum atomic E-state index is 12.1. The number of rotatable bonds is 7. The fourth-order valence-electron chi connectivity index (χ4n) is 2.10. The highest BCUT2D eigenvalue weighted by atomic mass is 16.5. The molecule has 0 aromatic heterocycles. The number of aryl methyl sites for hydroxylation is 1. The highest BCUT2D eigenvalue weighted by Crippen LogP contribution is 2.14. The number of nitrogens with zero attached hydrogens (tertiary/aromatic N) is 1. The van der Waals surface area contributed by atoms with Crippen LogP contribution in [-0.2, 0) is 0 Å². The molecule has 2 N–H and O–H groups in total. The van der Waals surface area contributed by atoms with Gasteiger partial charge in [0.25, 0.3) is 0 Å². The van der Waals surface area contributed by atoms with Crippen LogP contribution in [-0.4, -0.2) is 47.4 Å². The topological polar surface area (TPSA) is 61.8 Å². The molecule has 0 aliphatic heterocycles. The minimum Gasteiger partial charge on any atom is -0.489 e. The number of carbonyl (C=O) groups excluding carboxylic acids is 1. The number of benzene rings is 1. The molecule has 0 heterocycles. The van der Waals surface area contributed by atoms with Gasteiger partial charge in [0, 0.05) is 6.54 Å². The van der Waals surface area contributed by atoms with Crippen LogP contribution in [0.2, 0.25) is 0 Å². The Kier molecular flexibility index (Phi) is 6.68. The van der Waals surface area contributed by atoms with Crippen molar-refractivity contribution in [1.29, 1.82) is 0 Å². The fraction of sp³-hybridized carbons (Fsp3) is 0.588. The van der Waals surface area contributed by atoms with Crippen LogP contribution in [0.15, 0.2) is 24.3 Å². The molecule has 2 amide bonds. The van der Waals surface area contributed by atoms with Crippen LogP contribution in [0.3, 0.4) is 0 Å². The Labute approximate surface area is 133 Å². The van der Waals surface area contributed by atoms with Crippen molar-refractivity contribution in [3.63, 3.8) is 0 Å². The number of amides is 2. The number of aliphatic hydroxyl groups is 1. The first-order valence-corrected chi connectivity index (χ1v) is 7.69. The predicted molar refractivity (Wildman–Crippen MR) is 88.2 cm³/mol. The molecule has 1 unspecified atom stereocenters. The zero-order valence-corrected chi connectivity index (χ0v) is 14.2. The first-order chi connectivity index (χ1) is 10.2. The van der Waals surface area contributed by atoms with Crippen molar-refractivity contribution in [1.82, 2.24) is 10.2 Å². The van der Waals surface area contributed by atoms with Crippen LogP contribution in [0.5, 0.6) is 5.75 Å². The van der Waals surface area contributed by atoms with Gasteiger partial charge in [0.05, 0.1) is 18.7 Å². The monoisotopic (exact) mass is 308 g/mol. The molecule has 22 heavy (non-hydrogen) atoms. The summed E-state index contributed by atoms with van der Waals surface area (Å²) in [5.74, 6) is 0.797. The highest BCUT2D eigenvalue weighted by Gasteiger charge is 2.21. The Morgan fingerprint density at radius 1 is 1.45 bits per heavy atom. The molecule has 1 rings (SSSR count). The molecule has 0 saturated carbocycles. The first kappa shape index (κ1) is 18.3. The summed E-state index contributed by atoms with van der Waals surface area (Å²) in [6, 6.07) is 7.63. The van der Waals surface area contributed by atoms with Crippen LogP contribution in [0.25, 0.3) is 0 Å². The molecule has 1 aromatic rings. The van der Waals surface area contributed by atoms with E-state index in [2.05, 4.69) is 5.32 Å². The lowest BCUT2D eigenvalue weighted by Gasteiger charge is -2.28. The number of carbonyl (C=O) groups is 1. The van der Waals surface area contributed by atoms with E-state index in [1.807, 2.05) is 45.0 Å². The lowest BCUT2D eigenvalue weighted by molar-refractivity contribution is 0.0476. The van der Waals surface area contributed by atoms with Gasteiger partial charge < -0.3 is 20.1 Å². The number of likely N-dealkylation sites (N-methyl/N-ethyl adjacent to an activating group) is 1. The van der Waals surface area contributed by atoms with Crippen molar-refractivity contribution in [3.05, 3.63) is 29.8 Å². The van der Waals surface area contributed by atoms with E-state index in [0.29, 0.717) is 19.6 Å². The first-order valence-electron chi connectivity index (χ1n) is 7.69. The third kappa shape index (κ3) is 6.80. The van der Waals surface area contributed by atoms with Crippen LogP contribution in [0.1, 0.15) is 33.3 Å². The van der Waals surface area contributed by atoms with Gasteiger partial charge in [-0.1, -0.05) is 12.1 Å². The number of hydrogen-bond donors (Lipinski definition) is 2. The molecule has 0 bridgehead atoms. The minimum absolute atomic E-state index is 0.133. The summed E-state index contributed by atoms with van der Waals surface area (Å²) in [5, 5.41) is 12.7. The summed E-state index contributed by atoms with van der Waals surface area (Å²) in [6.45, 7) is 10.4. The van der Waals surface area contributed by atoms with Crippen molar-refractivity contribution in [2.45, 2.75) is 46.3 Å². The molecular weight excluding hydrogens is 280 g/mol. The second-order valence-electron chi connectivity index (χ2n) is 6.26. The Morgan fingerprint density at radius 2 is 2.14 bits per heavy atom. The summed E-state index contributed by atoms with van der Waals surface area (Å²) in [5.41, 5.74) is 0.230. The minimum atomic E-state index is -0.906. The summed E-state index contributed by atoms with van der Waals surface area (Å²) < 4.78 is 5.78. The predicted octanol–water partition coefficient (Wildman–Crippen LogP) is 2.56. The average Bonchev–Trinajstić information content (AvgIpc) is 2.41. The average molecular weight is 308 g/mol. The molecule has 0 fully saturated rings. The molecule has 0 saturated heterocycles. The third-order valence-corrected chi connectivity index (χ3v) is 3.11. The van der Waals surface area contributed by atoms with Crippen LogP contribution >= 0.6 is 0 Å². The van der Waals surface area contributed by atoms with E-state index < -0.39 is 5.60 Å². The van der Waals surface area contributed by atoms with Gasteiger partial charge in [-0.15, -0.1) is 0 Å². The van der Waals surface area contributed by atoms with Crippen LogP contribution in [0, 0.1) is 6.92 Å². The second-order valence-corrected chi connectivity index (χ2v) is 6.26. The number of urea groups is 1. The van der Waals surface area contributed by atoms with E-state index in [9.17, 15) is 9.90 Å². The zero-order chi connectivity index (χ0) is 16.8. The zero-order valence-electron chi connectivity index (χ0n) is 14.2. The lowest BCUT2D eigenvalue weighted by atomic mass is 10.1. The summed E-state index contributed by atoms with van der Waals surface area (Å²) in [7, 11) is 0. The van der Waals surface area contributed by atoms with E-state index >= 15 is 0 Å². The quantitative estimate of drug-likeness (QED) is 0.814. The number of nitrogens with one attached hydrogen (secondary N) is 1. The summed E-state index contributed by atoms with van der Waals surface area (Å²) >= 11 is 0. The molecule has 0 spiro atoms. The van der Waals surface area contributed by atoms with Gasteiger partial charge in [0.1, 0.15) is 11.9 Å². The van der Waals surface area contributed by atoms with Gasteiger partial charge >= 0.3 is 6.03 Å². The lowest BCUT2D eigenvalue weighted by Crippen LogP contribution is -2.48. The third-order valence-electron chi connectivity index (χ3n) is 3.11. The molecule has 0 aliphatic rings. The molecule has 124 valence electrons. The van der Waals surface area contributed by atoms with Gasteiger partial charge in [-0.2, -0.15) is 0 Å². The fourth-order valence-corrected chi connectivity index (χ4v) is 2.10. The Balaban J connectivity index is 2.45. The maximum absolute atomic E-state index is 12.1. The molecule has 5 heteroatoms. The Morgan fingerprint density at radius 3 is 2.68 bits per heavy atom. The maximum Gasteiger partial charge on any atom is 0.317 e. The van der Waals surface area contributed by atoms with E-state index in [0.717, 1.165) is 11.3 Å². The summed E-state index contributed by atoms with van der Waals surface area (Å²) in [6.07, 6.45) is -0.133. The second kappa shape index (κ2) is 8.03. The molecule has 0 radical (unpaired) electrons. The molecule has 5 nitrogen and oxygen atoms in total. The number of hydrogen-bond acceptors (Lipinski definition) is 3. The van der Waals surface area contributed by atoms with E-state index in [4.69, 9.17) is 4.74 Å². The van der Waals surface area contributed by atoms with Crippen molar-refractivity contribution in [2.24, 2.45) is 0 Å². The summed E-state index contributed by atoms with van der Waals surface area (Å²) in [4.78, 5) is 13.7. The van der Waals surface area contributed by atoms with Crippen LogP contribution < -0.4 is 10.1 Å². The van der Waals surface area contributed by atoms with E-state index in [1.165, 1.54) is 0 Å². The Bertz CT molecular complexity index is 483. The van der Waals surface area contributed by atoms with Crippen molar-refractivity contribution in [2.75, 3.05) is 19.6 Å². The SMILES string of the molecule is CCN(CC(C)(C)O)C(=O)NCC(C)Oc1cccc(C)c1. The van der Waals surface area contributed by atoms with E-state index in [-0.39, 0.29) is 12.1 Å².